The number of carbonyl (C=O) groups excluding carboxylic acids is 3. The van der Waals surface area contributed by atoms with Gasteiger partial charge >= 0.3 is 5.97 Å². The van der Waals surface area contributed by atoms with Crippen LogP contribution in [-0.2, 0) is 4.74 Å². The Labute approximate surface area is 167 Å². The van der Waals surface area contributed by atoms with Gasteiger partial charge in [-0.3, -0.25) is 9.59 Å². The monoisotopic (exact) mass is 398 g/mol. The van der Waals surface area contributed by atoms with Crippen LogP contribution in [0.3, 0.4) is 0 Å². The fourth-order valence-corrected chi connectivity index (χ4v) is 4.44. The Bertz CT molecular complexity index is 1070. The third-order valence-electron chi connectivity index (χ3n) is 4.81. The van der Waals surface area contributed by atoms with Crippen LogP contribution in [0.4, 0.5) is 0 Å². The summed E-state index contributed by atoms with van der Waals surface area (Å²) in [5.41, 5.74) is 3.35. The maximum absolute atomic E-state index is 12.8. The van der Waals surface area contributed by atoms with Crippen molar-refractivity contribution in [1.82, 2.24) is 9.55 Å². The predicted molar refractivity (Wildman–Crippen MR) is 108 cm³/mol. The van der Waals surface area contributed by atoms with Crippen LogP contribution in [0.5, 0.6) is 0 Å². The summed E-state index contributed by atoms with van der Waals surface area (Å²) >= 11 is 1.50. The molecule has 0 saturated heterocycles. The SMILES string of the molecule is CC(=O)c1c(C)[nH]c(C(=O)COC(=O)c2c(-n3cccc3)sc(C)c2C)c1C. The Balaban J connectivity index is 1.81. The molecule has 7 heteroatoms. The molecule has 0 aromatic carbocycles. The van der Waals surface area contributed by atoms with E-state index in [2.05, 4.69) is 4.98 Å². The van der Waals surface area contributed by atoms with Gasteiger partial charge in [0.25, 0.3) is 0 Å². The van der Waals surface area contributed by atoms with Gasteiger partial charge in [-0.05, 0) is 57.9 Å². The molecular formula is C21H22N2O4S. The van der Waals surface area contributed by atoms with Crippen molar-refractivity contribution >= 4 is 28.9 Å². The Kier molecular flexibility index (Phi) is 5.38. The van der Waals surface area contributed by atoms with Gasteiger partial charge in [0.1, 0.15) is 5.00 Å². The Morgan fingerprint density at radius 3 is 2.25 bits per heavy atom. The first-order chi connectivity index (χ1) is 13.2. The number of nitrogens with one attached hydrogen (secondary N) is 1. The largest absolute Gasteiger partial charge is 0.454 e. The molecule has 3 heterocycles. The van der Waals surface area contributed by atoms with Gasteiger partial charge in [0.05, 0.1) is 11.3 Å². The number of aryl methyl sites for hydroxylation is 2. The fourth-order valence-electron chi connectivity index (χ4n) is 3.33. The van der Waals surface area contributed by atoms with E-state index in [0.717, 1.165) is 15.4 Å². The Hall–Kier alpha value is -2.93. The second-order valence-electron chi connectivity index (χ2n) is 6.73. The van der Waals surface area contributed by atoms with E-state index in [1.54, 1.807) is 13.8 Å². The summed E-state index contributed by atoms with van der Waals surface area (Å²) in [6.07, 6.45) is 3.72. The quantitative estimate of drug-likeness (QED) is 0.495. The molecule has 0 amide bonds. The van der Waals surface area contributed by atoms with E-state index in [0.29, 0.717) is 28.1 Å². The lowest BCUT2D eigenvalue weighted by molar-refractivity contribution is 0.0473. The molecule has 0 aliphatic rings. The summed E-state index contributed by atoms with van der Waals surface area (Å²) in [6.45, 7) is 8.34. The number of esters is 1. The van der Waals surface area contributed by atoms with E-state index in [1.165, 1.54) is 18.3 Å². The van der Waals surface area contributed by atoms with Crippen molar-refractivity contribution in [2.24, 2.45) is 0 Å². The number of hydrogen-bond acceptors (Lipinski definition) is 5. The first-order valence-corrected chi connectivity index (χ1v) is 9.67. The van der Waals surface area contributed by atoms with Crippen LogP contribution in [0.1, 0.15) is 59.8 Å². The average Bonchev–Trinajstić information content (AvgIpc) is 3.32. The second-order valence-corrected chi connectivity index (χ2v) is 7.94. The van der Waals surface area contributed by atoms with E-state index in [-0.39, 0.29) is 11.6 Å². The zero-order chi connectivity index (χ0) is 20.6. The van der Waals surface area contributed by atoms with Crippen LogP contribution < -0.4 is 0 Å². The van der Waals surface area contributed by atoms with Gasteiger partial charge in [-0.2, -0.15) is 0 Å². The van der Waals surface area contributed by atoms with Crippen LogP contribution in [-0.4, -0.2) is 33.7 Å². The molecule has 0 aliphatic carbocycles. The molecule has 3 aromatic rings. The Morgan fingerprint density at radius 1 is 1.04 bits per heavy atom. The van der Waals surface area contributed by atoms with Crippen molar-refractivity contribution in [1.29, 1.82) is 0 Å². The third kappa shape index (κ3) is 3.45. The maximum atomic E-state index is 12.8. The van der Waals surface area contributed by atoms with E-state index < -0.39 is 12.6 Å². The highest BCUT2D eigenvalue weighted by Crippen LogP contribution is 2.31. The number of ketones is 2. The first-order valence-electron chi connectivity index (χ1n) is 8.86. The molecule has 3 aromatic heterocycles. The summed E-state index contributed by atoms with van der Waals surface area (Å²) in [4.78, 5) is 41.0. The molecule has 28 heavy (non-hydrogen) atoms. The van der Waals surface area contributed by atoms with E-state index in [4.69, 9.17) is 4.74 Å². The Morgan fingerprint density at radius 2 is 1.68 bits per heavy atom. The molecule has 146 valence electrons. The molecule has 0 radical (unpaired) electrons. The minimum Gasteiger partial charge on any atom is -0.454 e. The number of nitrogens with zero attached hydrogens (tertiary/aromatic N) is 1. The zero-order valence-corrected chi connectivity index (χ0v) is 17.3. The number of thiophene rings is 1. The number of aromatic amines is 1. The van der Waals surface area contributed by atoms with Gasteiger partial charge in [0.15, 0.2) is 12.4 Å². The van der Waals surface area contributed by atoms with Crippen molar-refractivity contribution < 1.29 is 19.1 Å². The van der Waals surface area contributed by atoms with Crippen LogP contribution >= 0.6 is 11.3 Å². The van der Waals surface area contributed by atoms with E-state index in [9.17, 15) is 14.4 Å². The maximum Gasteiger partial charge on any atom is 0.341 e. The van der Waals surface area contributed by atoms with Crippen LogP contribution in [0.15, 0.2) is 24.5 Å². The summed E-state index contributed by atoms with van der Waals surface area (Å²) < 4.78 is 7.20. The standard InChI is InChI=1S/C21H22N2O4S/c1-11-15(5)28-20(23-8-6-7-9-23)18(11)21(26)27-10-16(25)19-12(2)17(14(4)24)13(3)22-19/h6-9,22H,10H2,1-5H3. The fraction of sp³-hybridized carbons (Fsp3) is 0.286. The number of aromatic nitrogens is 2. The van der Waals surface area contributed by atoms with Gasteiger partial charge in [-0.1, -0.05) is 0 Å². The lowest BCUT2D eigenvalue weighted by Gasteiger charge is -2.07. The highest BCUT2D eigenvalue weighted by atomic mass is 32.1. The van der Waals surface area contributed by atoms with Gasteiger partial charge < -0.3 is 14.3 Å². The topological polar surface area (TPSA) is 81.2 Å². The molecule has 0 spiro atoms. The van der Waals surface area contributed by atoms with Gasteiger partial charge in [0.2, 0.25) is 5.78 Å². The van der Waals surface area contributed by atoms with Crippen LogP contribution in [0, 0.1) is 27.7 Å². The number of ether oxygens (including phenoxy) is 1. The van der Waals surface area contributed by atoms with Crippen molar-refractivity contribution in [2.75, 3.05) is 6.61 Å². The van der Waals surface area contributed by atoms with E-state index >= 15 is 0 Å². The zero-order valence-electron chi connectivity index (χ0n) is 16.5. The van der Waals surface area contributed by atoms with Crippen LogP contribution in [0.25, 0.3) is 5.00 Å². The summed E-state index contributed by atoms with van der Waals surface area (Å²) in [6, 6.07) is 3.76. The molecule has 0 aliphatic heterocycles. The second kappa shape index (κ2) is 7.59. The molecule has 1 N–H and O–H groups in total. The van der Waals surface area contributed by atoms with Gasteiger partial charge in [-0.25, -0.2) is 4.79 Å². The normalized spacial score (nSPS) is 10.9. The average molecular weight is 398 g/mol. The molecule has 0 bridgehead atoms. The van der Waals surface area contributed by atoms with Crippen molar-refractivity contribution in [3.05, 3.63) is 63.0 Å². The highest BCUT2D eigenvalue weighted by molar-refractivity contribution is 7.15. The molecule has 6 nitrogen and oxygen atoms in total. The number of hydrogen-bond donors (Lipinski definition) is 1. The van der Waals surface area contributed by atoms with Gasteiger partial charge in [-0.15, -0.1) is 11.3 Å². The minimum atomic E-state index is -0.536. The molecule has 0 saturated carbocycles. The van der Waals surface area contributed by atoms with Gasteiger partial charge in [0, 0.05) is 28.5 Å². The predicted octanol–water partition coefficient (Wildman–Crippen LogP) is 4.34. The highest BCUT2D eigenvalue weighted by Gasteiger charge is 2.24. The smallest absolute Gasteiger partial charge is 0.341 e. The number of rotatable bonds is 6. The lowest BCUT2D eigenvalue weighted by atomic mass is 10.1. The van der Waals surface area contributed by atoms with Crippen molar-refractivity contribution in [3.63, 3.8) is 0 Å². The first kappa shape index (κ1) is 19.8. The summed E-state index contributed by atoms with van der Waals surface area (Å²) in [5.74, 6) is -1.01. The molecule has 0 atom stereocenters. The minimum absolute atomic E-state index is 0.108. The molecule has 0 unspecified atom stereocenters. The van der Waals surface area contributed by atoms with Crippen molar-refractivity contribution in [2.45, 2.75) is 34.6 Å². The molecular weight excluding hydrogens is 376 g/mol. The molecule has 0 fully saturated rings. The number of Topliss-reactive ketones (excluding diaryl/α,β-unsaturated/α-hetero) is 2. The van der Waals surface area contributed by atoms with Crippen LogP contribution in [0.2, 0.25) is 0 Å². The summed E-state index contributed by atoms with van der Waals surface area (Å²) in [7, 11) is 0. The third-order valence-corrected chi connectivity index (χ3v) is 6.03. The number of H-pyrrole nitrogens is 1. The molecule has 3 rings (SSSR count). The van der Waals surface area contributed by atoms with E-state index in [1.807, 2.05) is 42.9 Å². The number of carbonyl (C=O) groups is 3. The van der Waals surface area contributed by atoms with Crippen molar-refractivity contribution in [3.8, 4) is 5.00 Å². The lowest BCUT2D eigenvalue weighted by Crippen LogP contribution is -2.16. The summed E-state index contributed by atoms with van der Waals surface area (Å²) in [5, 5.41) is 0.767.